The lowest BCUT2D eigenvalue weighted by atomic mass is 10.1. The minimum atomic E-state index is -0.361. The molecule has 1 aliphatic heterocycles. The highest BCUT2D eigenvalue weighted by Gasteiger charge is 2.09. The highest BCUT2D eigenvalue weighted by molar-refractivity contribution is 7.80. The molecule has 0 bridgehead atoms. The molecule has 170 valence electrons. The highest BCUT2D eigenvalue weighted by Crippen LogP contribution is 2.18. The summed E-state index contributed by atoms with van der Waals surface area (Å²) in [6, 6.07) is 14.7. The zero-order valence-corrected chi connectivity index (χ0v) is 18.9. The molecule has 0 saturated carbocycles. The van der Waals surface area contributed by atoms with Crippen LogP contribution in [-0.2, 0) is 16.1 Å². The number of nitrogens with zero attached hydrogens (tertiary/aromatic N) is 2. The summed E-state index contributed by atoms with van der Waals surface area (Å²) in [6.45, 7) is 5.49. The van der Waals surface area contributed by atoms with Crippen LogP contribution in [0.25, 0.3) is 0 Å². The number of thiocarbonyl (C=S) groups is 1. The average molecular weight is 457 g/mol. The molecule has 2 N–H and O–H groups in total. The first kappa shape index (κ1) is 23.6. The molecule has 2 aromatic rings. The molecule has 1 heterocycles. The monoisotopic (exact) mass is 456 g/mol. The maximum absolute atomic E-state index is 11.5. The van der Waals surface area contributed by atoms with Crippen molar-refractivity contribution in [1.29, 1.82) is 0 Å². The van der Waals surface area contributed by atoms with E-state index in [-0.39, 0.29) is 5.97 Å². The van der Waals surface area contributed by atoms with Gasteiger partial charge in [-0.2, -0.15) is 5.10 Å². The minimum absolute atomic E-state index is 0.361. The first-order valence-electron chi connectivity index (χ1n) is 10.4. The molecule has 2 aromatic carbocycles. The number of esters is 1. The third kappa shape index (κ3) is 7.60. The second kappa shape index (κ2) is 12.7. The summed E-state index contributed by atoms with van der Waals surface area (Å²) in [5.74, 6) is 0.335. The Hall–Kier alpha value is -3.01. The quantitative estimate of drug-likeness (QED) is 0.257. The molecule has 0 atom stereocenters. The zero-order chi connectivity index (χ0) is 22.6. The maximum atomic E-state index is 11.5. The fraction of sp³-hybridized carbons (Fsp3) is 0.348. The SMILES string of the molecule is COC(=O)c1ccc(COc2ccccc2C=NNC(=S)NCCN2CCOCC2)cc1. The highest BCUT2D eigenvalue weighted by atomic mass is 32.1. The van der Waals surface area contributed by atoms with E-state index in [1.807, 2.05) is 36.4 Å². The summed E-state index contributed by atoms with van der Waals surface area (Å²) in [5.41, 5.74) is 5.10. The van der Waals surface area contributed by atoms with Crippen LogP contribution in [0.2, 0.25) is 0 Å². The number of nitrogens with one attached hydrogen (secondary N) is 2. The van der Waals surface area contributed by atoms with E-state index in [4.69, 9.17) is 26.4 Å². The summed E-state index contributed by atoms with van der Waals surface area (Å²) in [4.78, 5) is 13.9. The van der Waals surface area contributed by atoms with Crippen molar-refractivity contribution in [3.63, 3.8) is 0 Å². The predicted molar refractivity (Wildman–Crippen MR) is 127 cm³/mol. The van der Waals surface area contributed by atoms with E-state index in [0.717, 1.165) is 50.5 Å². The van der Waals surface area contributed by atoms with Crippen LogP contribution in [0.5, 0.6) is 5.75 Å². The van der Waals surface area contributed by atoms with Crippen molar-refractivity contribution < 1.29 is 19.0 Å². The molecule has 0 spiro atoms. The van der Waals surface area contributed by atoms with Crippen LogP contribution < -0.4 is 15.5 Å². The van der Waals surface area contributed by atoms with Crippen LogP contribution in [0.15, 0.2) is 53.6 Å². The third-order valence-electron chi connectivity index (χ3n) is 4.88. The van der Waals surface area contributed by atoms with Gasteiger partial charge in [0.1, 0.15) is 12.4 Å². The summed E-state index contributed by atoms with van der Waals surface area (Å²) in [6.07, 6.45) is 1.67. The Bertz CT molecular complexity index is 914. The van der Waals surface area contributed by atoms with Crippen molar-refractivity contribution in [3.05, 3.63) is 65.2 Å². The largest absolute Gasteiger partial charge is 0.488 e. The Kier molecular flexibility index (Phi) is 9.42. The number of benzene rings is 2. The van der Waals surface area contributed by atoms with Crippen molar-refractivity contribution in [2.24, 2.45) is 5.10 Å². The number of hydrogen-bond acceptors (Lipinski definition) is 7. The van der Waals surface area contributed by atoms with Gasteiger partial charge in [0, 0.05) is 31.7 Å². The van der Waals surface area contributed by atoms with Gasteiger partial charge in [-0.05, 0) is 42.0 Å². The van der Waals surface area contributed by atoms with Crippen LogP contribution in [-0.4, -0.2) is 68.7 Å². The Labute approximate surface area is 193 Å². The minimum Gasteiger partial charge on any atom is -0.488 e. The second-order valence-electron chi connectivity index (χ2n) is 7.09. The number of ether oxygens (including phenoxy) is 3. The van der Waals surface area contributed by atoms with Crippen LogP contribution >= 0.6 is 12.2 Å². The van der Waals surface area contributed by atoms with Gasteiger partial charge < -0.3 is 19.5 Å². The van der Waals surface area contributed by atoms with Crippen LogP contribution in [0.4, 0.5) is 0 Å². The number of carbonyl (C=O) groups is 1. The molecule has 9 heteroatoms. The average Bonchev–Trinajstić information content (AvgIpc) is 2.84. The van der Waals surface area contributed by atoms with Gasteiger partial charge in [-0.25, -0.2) is 4.79 Å². The molecule has 1 fully saturated rings. The normalized spacial score (nSPS) is 14.2. The molecule has 32 heavy (non-hydrogen) atoms. The number of morpholine rings is 1. The molecule has 3 rings (SSSR count). The Balaban J connectivity index is 1.45. The van der Waals surface area contributed by atoms with Gasteiger partial charge in [-0.15, -0.1) is 0 Å². The van der Waals surface area contributed by atoms with E-state index in [0.29, 0.717) is 23.0 Å². The number of rotatable bonds is 9. The Morgan fingerprint density at radius 3 is 2.69 bits per heavy atom. The van der Waals surface area contributed by atoms with E-state index in [1.165, 1.54) is 7.11 Å². The molecule has 8 nitrogen and oxygen atoms in total. The van der Waals surface area contributed by atoms with Crippen LogP contribution in [0, 0.1) is 0 Å². The van der Waals surface area contributed by atoms with Crippen LogP contribution in [0.3, 0.4) is 0 Å². The topological polar surface area (TPSA) is 84.4 Å². The molecule has 0 aliphatic carbocycles. The predicted octanol–water partition coefficient (Wildman–Crippen LogP) is 2.18. The molecule has 0 amide bonds. The molecule has 0 aromatic heterocycles. The van der Waals surface area contributed by atoms with E-state index in [2.05, 4.69) is 20.7 Å². The summed E-state index contributed by atoms with van der Waals surface area (Å²) < 4.78 is 16.0. The van der Waals surface area contributed by atoms with E-state index in [9.17, 15) is 4.79 Å². The molecular formula is C23H28N4O4S. The number of methoxy groups -OCH3 is 1. The summed E-state index contributed by atoms with van der Waals surface area (Å²) in [7, 11) is 1.36. The summed E-state index contributed by atoms with van der Waals surface area (Å²) >= 11 is 5.28. The molecule has 1 saturated heterocycles. The fourth-order valence-corrected chi connectivity index (χ4v) is 3.24. The zero-order valence-electron chi connectivity index (χ0n) is 18.1. The smallest absolute Gasteiger partial charge is 0.337 e. The van der Waals surface area contributed by atoms with Crippen molar-refractivity contribution in [2.75, 3.05) is 46.5 Å². The van der Waals surface area contributed by atoms with Gasteiger partial charge in [0.15, 0.2) is 5.11 Å². The number of hydrogen-bond donors (Lipinski definition) is 2. The van der Waals surface area contributed by atoms with Gasteiger partial charge in [-0.3, -0.25) is 10.3 Å². The lowest BCUT2D eigenvalue weighted by Crippen LogP contribution is -2.42. The third-order valence-corrected chi connectivity index (χ3v) is 5.11. The van der Waals surface area contributed by atoms with Gasteiger partial charge in [-0.1, -0.05) is 24.3 Å². The van der Waals surface area contributed by atoms with Crippen LogP contribution in [0.1, 0.15) is 21.5 Å². The van der Waals surface area contributed by atoms with Gasteiger partial charge >= 0.3 is 5.97 Å². The molecule has 0 unspecified atom stereocenters. The van der Waals surface area contributed by atoms with Gasteiger partial charge in [0.05, 0.1) is 32.1 Å². The van der Waals surface area contributed by atoms with Crippen molar-refractivity contribution in [3.8, 4) is 5.75 Å². The second-order valence-corrected chi connectivity index (χ2v) is 7.50. The fourth-order valence-electron chi connectivity index (χ4n) is 3.09. The van der Waals surface area contributed by atoms with Gasteiger partial charge in [0.2, 0.25) is 0 Å². The van der Waals surface area contributed by atoms with E-state index >= 15 is 0 Å². The Morgan fingerprint density at radius 1 is 1.19 bits per heavy atom. The maximum Gasteiger partial charge on any atom is 0.337 e. The van der Waals surface area contributed by atoms with Crippen molar-refractivity contribution >= 4 is 29.5 Å². The van der Waals surface area contributed by atoms with Crippen molar-refractivity contribution in [2.45, 2.75) is 6.61 Å². The molecular weight excluding hydrogens is 428 g/mol. The molecule has 0 radical (unpaired) electrons. The van der Waals surface area contributed by atoms with Crippen molar-refractivity contribution in [1.82, 2.24) is 15.6 Å². The lowest BCUT2D eigenvalue weighted by Gasteiger charge is -2.26. The number of para-hydroxylation sites is 1. The Morgan fingerprint density at radius 2 is 1.94 bits per heavy atom. The first-order chi connectivity index (χ1) is 15.7. The lowest BCUT2D eigenvalue weighted by molar-refractivity contribution is 0.0389. The molecule has 1 aliphatic rings. The summed E-state index contributed by atoms with van der Waals surface area (Å²) in [5, 5.41) is 7.84. The van der Waals surface area contributed by atoms with E-state index in [1.54, 1.807) is 18.3 Å². The first-order valence-corrected chi connectivity index (χ1v) is 10.8. The standard InChI is InChI=1S/C23H28N4O4S/c1-29-22(28)19-8-6-18(7-9-19)17-31-21-5-3-2-4-20(21)16-25-26-23(32)24-10-11-27-12-14-30-15-13-27/h2-9,16H,10-15,17H2,1H3,(H2,24,26,32). The number of hydrazone groups is 1. The van der Waals surface area contributed by atoms with Gasteiger partial charge in [0.25, 0.3) is 0 Å². The van der Waals surface area contributed by atoms with E-state index < -0.39 is 0 Å². The number of carbonyl (C=O) groups excluding carboxylic acids is 1.